The van der Waals surface area contributed by atoms with Crippen molar-refractivity contribution in [1.29, 1.82) is 0 Å². The second kappa shape index (κ2) is 13.0. The molecule has 0 amide bonds. The number of benzene rings is 4. The fraction of sp³-hybridized carbons (Fsp3) is 0. The fourth-order valence-corrected chi connectivity index (χ4v) is 9.06. The van der Waals surface area contributed by atoms with Crippen LogP contribution in [0.2, 0.25) is 0 Å². The van der Waals surface area contributed by atoms with Crippen molar-refractivity contribution in [2.75, 3.05) is 0 Å². The molecule has 1 aliphatic heterocycles. The van der Waals surface area contributed by atoms with Gasteiger partial charge in [0.2, 0.25) is 0 Å². The maximum absolute atomic E-state index is 8.49. The number of hydrogen-bond donors (Lipinski definition) is 0. The van der Waals surface area contributed by atoms with E-state index in [1.807, 2.05) is 0 Å². The van der Waals surface area contributed by atoms with Crippen molar-refractivity contribution in [3.8, 4) is 20.0 Å². The van der Waals surface area contributed by atoms with Crippen molar-refractivity contribution in [2.24, 2.45) is 0 Å². The second-order valence-electron chi connectivity index (χ2n) is 8.76. The maximum atomic E-state index is 8.49. The van der Waals surface area contributed by atoms with Crippen LogP contribution in [-0.4, -0.2) is 29.5 Å². The van der Waals surface area contributed by atoms with Gasteiger partial charge in [-0.25, -0.2) is 18.6 Å². The van der Waals surface area contributed by atoms with Gasteiger partial charge >= 0.3 is 220 Å². The average Bonchev–Trinajstić information content (AvgIpc) is 2.97. The Morgan fingerprint density at radius 2 is 1.00 bits per heavy atom. The minimum absolute atomic E-state index is 0.266. The van der Waals surface area contributed by atoms with Crippen LogP contribution in [0.4, 0.5) is 0 Å². The summed E-state index contributed by atoms with van der Waals surface area (Å²) in [4.78, 5) is 0. The van der Waals surface area contributed by atoms with Crippen LogP contribution in [0.1, 0.15) is 16.7 Å². The summed E-state index contributed by atoms with van der Waals surface area (Å²) in [5, 5.41) is 0. The van der Waals surface area contributed by atoms with Gasteiger partial charge in [0, 0.05) is 0 Å². The Kier molecular flexibility index (Phi) is 9.25. The summed E-state index contributed by atoms with van der Waals surface area (Å²) in [6.07, 6.45) is 6.79. The van der Waals surface area contributed by atoms with Gasteiger partial charge in [0.15, 0.2) is 0 Å². The van der Waals surface area contributed by atoms with Crippen molar-refractivity contribution >= 4 is 50.0 Å². The molecule has 4 nitrogen and oxygen atoms in total. The molecule has 4 aromatic carbocycles. The quantitative estimate of drug-likeness (QED) is 0.266. The average molecular weight is 677 g/mol. The molecule has 0 radical (unpaired) electrons. The first-order valence-electron chi connectivity index (χ1n) is 12.3. The molecular formula is C33H23ClO4Se2. The second-order valence-corrected chi connectivity index (χ2v) is 14.1. The summed E-state index contributed by atoms with van der Waals surface area (Å²) >= 11 is 0.622. The minimum Gasteiger partial charge on any atom is -0.222 e. The Hall–Kier alpha value is -3.12. The summed E-state index contributed by atoms with van der Waals surface area (Å²) in [5.41, 5.74) is 7.93. The smallest absolute Gasteiger partial charge is 0.112 e. The van der Waals surface area contributed by atoms with Crippen molar-refractivity contribution in [3.63, 3.8) is 0 Å². The van der Waals surface area contributed by atoms with Gasteiger partial charge in [0.1, 0.15) is 0 Å². The molecule has 2 heterocycles. The van der Waals surface area contributed by atoms with Gasteiger partial charge in [-0.15, -0.1) is 10.2 Å². The van der Waals surface area contributed by atoms with E-state index in [9.17, 15) is 0 Å². The first kappa shape index (κ1) is 28.4. The van der Waals surface area contributed by atoms with Crippen LogP contribution in [0.25, 0.3) is 31.7 Å². The summed E-state index contributed by atoms with van der Waals surface area (Å²) in [6, 6.07) is 44.1. The molecule has 0 saturated heterocycles. The topological polar surface area (TPSA) is 92.2 Å². The molecule has 198 valence electrons. The first-order valence-corrected chi connectivity index (χ1v) is 17.0. The number of halogens is 1. The van der Waals surface area contributed by atoms with Crippen molar-refractivity contribution in [3.05, 3.63) is 150 Å². The number of fused-ring (bicyclic) bond motifs is 2. The van der Waals surface area contributed by atoms with Crippen molar-refractivity contribution in [2.45, 2.75) is 0 Å². The zero-order chi connectivity index (χ0) is 28.0. The van der Waals surface area contributed by atoms with E-state index >= 15 is 0 Å². The predicted octanol–water partition coefficient (Wildman–Crippen LogP) is 1.72. The molecule has 0 unspecified atom stereocenters. The van der Waals surface area contributed by atoms with E-state index in [-0.39, 0.29) is 14.5 Å². The largest absolute Gasteiger partial charge is 0.222 e. The van der Waals surface area contributed by atoms with Gasteiger partial charge in [-0.05, 0) is 0 Å². The zero-order valence-electron chi connectivity index (χ0n) is 21.1. The third kappa shape index (κ3) is 7.54. The van der Waals surface area contributed by atoms with Gasteiger partial charge in [-0.1, -0.05) is 0 Å². The number of hydrogen-bond acceptors (Lipinski definition) is 4. The number of allylic oxidation sites excluding steroid dienone is 2. The van der Waals surface area contributed by atoms with Crippen molar-refractivity contribution in [1.82, 2.24) is 0 Å². The van der Waals surface area contributed by atoms with Gasteiger partial charge in [-0.2, -0.15) is 0 Å². The Labute approximate surface area is 247 Å². The van der Waals surface area contributed by atoms with Crippen LogP contribution in [-0.2, 0) is 0 Å². The van der Waals surface area contributed by atoms with Gasteiger partial charge in [-0.3, -0.25) is 0 Å². The molecule has 0 N–H and O–H groups in total. The molecule has 0 atom stereocenters. The van der Waals surface area contributed by atoms with E-state index in [1.165, 1.54) is 51.2 Å². The van der Waals surface area contributed by atoms with E-state index in [0.29, 0.717) is 15.0 Å². The summed E-state index contributed by atoms with van der Waals surface area (Å²) < 4.78 is 39.7. The Balaban J connectivity index is 0.000000595. The molecule has 0 aliphatic carbocycles. The van der Waals surface area contributed by atoms with Gasteiger partial charge in [0.25, 0.3) is 0 Å². The Morgan fingerprint density at radius 1 is 0.575 bits per heavy atom. The molecule has 40 heavy (non-hydrogen) atoms. The molecular weight excluding hydrogens is 654 g/mol. The zero-order valence-corrected chi connectivity index (χ0v) is 25.3. The molecule has 0 bridgehead atoms. The van der Waals surface area contributed by atoms with E-state index in [0.717, 1.165) is 0 Å². The fourth-order valence-electron chi connectivity index (χ4n) is 4.36. The van der Waals surface area contributed by atoms with Crippen molar-refractivity contribution < 1.29 is 28.9 Å². The van der Waals surface area contributed by atoms with E-state index < -0.39 is 10.2 Å². The molecule has 6 rings (SSSR count). The maximum Gasteiger partial charge on any atom is -0.112 e. The van der Waals surface area contributed by atoms with E-state index in [4.69, 9.17) is 18.6 Å². The molecule has 0 saturated carbocycles. The normalized spacial score (nSPS) is 12.2. The predicted molar refractivity (Wildman–Crippen MR) is 153 cm³/mol. The standard InChI is InChI=1S/C33H23Se2.ClHO4/c1-3-13-25(14-4-1)32-22-24(23-33(35-32)26-15-5-2-6-16-26)12-11-19-27-28-17-7-9-20-30(28)34-31-21-10-8-18-29(27)31;2-1(3,4)5/h1-23H;(H,2,3,4,5)/q+1;/p-1. The minimum atomic E-state index is -4.94. The molecule has 0 fully saturated rings. The van der Waals surface area contributed by atoms with Crippen LogP contribution in [0.3, 0.4) is 0 Å². The van der Waals surface area contributed by atoms with Gasteiger partial charge < -0.3 is 0 Å². The summed E-state index contributed by atoms with van der Waals surface area (Å²) in [7, 11) is -4.94. The van der Waals surface area contributed by atoms with Crippen LogP contribution in [0.15, 0.2) is 133 Å². The monoisotopic (exact) mass is 678 g/mol. The summed E-state index contributed by atoms with van der Waals surface area (Å²) in [6.45, 7) is 0. The van der Waals surface area contributed by atoms with Crippen LogP contribution < -0.4 is 27.6 Å². The third-order valence-electron chi connectivity index (χ3n) is 6.06. The van der Waals surface area contributed by atoms with Crippen LogP contribution in [0.5, 0.6) is 0 Å². The SMILES string of the molecule is C(/C=C/c1cc(-c2ccccc2)[se+]c(-c2ccccc2)c1)=C1c2ccccc2[Se]c2ccccc21.[O-][Cl+3]([O-])([O-])[O-]. The Morgan fingerprint density at radius 3 is 1.48 bits per heavy atom. The molecule has 7 heteroatoms. The third-order valence-corrected chi connectivity index (χ3v) is 10.9. The van der Waals surface area contributed by atoms with E-state index in [2.05, 4.69) is 140 Å². The summed E-state index contributed by atoms with van der Waals surface area (Å²) in [5.74, 6) is 0. The Bertz CT molecular complexity index is 1550. The molecule has 0 spiro atoms. The van der Waals surface area contributed by atoms with Crippen LogP contribution >= 0.6 is 0 Å². The first-order chi connectivity index (χ1) is 19.3. The van der Waals surface area contributed by atoms with E-state index in [1.54, 1.807) is 0 Å². The van der Waals surface area contributed by atoms with Crippen LogP contribution in [0, 0.1) is 10.2 Å². The molecule has 5 aromatic rings. The molecule has 1 aliphatic rings. The molecule has 1 aromatic heterocycles. The number of rotatable bonds is 4. The van der Waals surface area contributed by atoms with Gasteiger partial charge in [0.05, 0.1) is 0 Å².